The topological polar surface area (TPSA) is 32.3 Å². The maximum absolute atomic E-state index is 9.69. The van der Waals surface area contributed by atoms with Crippen LogP contribution in [0.25, 0.3) is 0 Å². The Kier molecular flexibility index (Phi) is 7.08. The number of fused-ring (bicyclic) bond motifs is 1. The fourth-order valence-electron chi connectivity index (χ4n) is 3.37. The maximum Gasteiger partial charge on any atom is 0.115 e. The molecular weight excluding hydrogens is 258 g/mol. The SMILES string of the molecule is CCCCCCCCCCC1NCCc2ccc(O)cc21. The lowest BCUT2D eigenvalue weighted by atomic mass is 9.91. The summed E-state index contributed by atoms with van der Waals surface area (Å²) in [6.45, 7) is 3.34. The maximum atomic E-state index is 9.69. The fraction of sp³-hybridized carbons (Fsp3) is 0.684. The summed E-state index contributed by atoms with van der Waals surface area (Å²) in [6, 6.07) is 6.31. The normalized spacial score (nSPS) is 17.7. The highest BCUT2D eigenvalue weighted by molar-refractivity contribution is 5.38. The van der Waals surface area contributed by atoms with Crippen molar-refractivity contribution in [3.8, 4) is 5.75 Å². The van der Waals surface area contributed by atoms with Crippen molar-refractivity contribution in [1.82, 2.24) is 5.32 Å². The Hall–Kier alpha value is -1.02. The Bertz CT molecular complexity index is 416. The number of aromatic hydroxyl groups is 1. The van der Waals surface area contributed by atoms with Crippen molar-refractivity contribution in [3.05, 3.63) is 29.3 Å². The molecule has 0 bridgehead atoms. The number of rotatable bonds is 9. The van der Waals surface area contributed by atoms with Crippen LogP contribution in [0.5, 0.6) is 5.75 Å². The molecule has 0 fully saturated rings. The Morgan fingerprint density at radius 2 is 1.76 bits per heavy atom. The largest absolute Gasteiger partial charge is 0.508 e. The lowest BCUT2D eigenvalue weighted by Gasteiger charge is -2.27. The van der Waals surface area contributed by atoms with Crippen LogP contribution in [0.4, 0.5) is 0 Å². The fourth-order valence-corrected chi connectivity index (χ4v) is 3.37. The van der Waals surface area contributed by atoms with Crippen LogP contribution in [0.1, 0.15) is 81.9 Å². The molecule has 0 spiro atoms. The van der Waals surface area contributed by atoms with Gasteiger partial charge in [0.05, 0.1) is 0 Å². The first-order valence-electron chi connectivity index (χ1n) is 8.86. The van der Waals surface area contributed by atoms with Gasteiger partial charge in [0, 0.05) is 6.04 Å². The molecule has 2 N–H and O–H groups in total. The third kappa shape index (κ3) is 5.35. The van der Waals surface area contributed by atoms with Crippen molar-refractivity contribution >= 4 is 0 Å². The summed E-state index contributed by atoms with van der Waals surface area (Å²) in [5.74, 6) is 0.401. The summed E-state index contributed by atoms with van der Waals surface area (Å²) < 4.78 is 0. The third-order valence-corrected chi connectivity index (χ3v) is 4.64. The summed E-state index contributed by atoms with van der Waals surface area (Å²) in [5.41, 5.74) is 2.74. The van der Waals surface area contributed by atoms with Gasteiger partial charge in [0.25, 0.3) is 0 Å². The molecule has 0 saturated heterocycles. The molecule has 2 rings (SSSR count). The Balaban J connectivity index is 1.67. The van der Waals surface area contributed by atoms with Crippen molar-refractivity contribution in [1.29, 1.82) is 0 Å². The summed E-state index contributed by atoms with van der Waals surface area (Å²) in [6.07, 6.45) is 13.2. The van der Waals surface area contributed by atoms with E-state index in [0.717, 1.165) is 13.0 Å². The molecule has 0 saturated carbocycles. The zero-order valence-corrected chi connectivity index (χ0v) is 13.5. The molecule has 1 heterocycles. The van der Waals surface area contributed by atoms with Gasteiger partial charge >= 0.3 is 0 Å². The van der Waals surface area contributed by atoms with Gasteiger partial charge < -0.3 is 10.4 Å². The summed E-state index contributed by atoms with van der Waals surface area (Å²) in [7, 11) is 0. The molecule has 0 amide bonds. The zero-order chi connectivity index (χ0) is 14.9. The van der Waals surface area contributed by atoms with Gasteiger partial charge in [-0.05, 0) is 42.6 Å². The molecule has 118 valence electrons. The second-order valence-electron chi connectivity index (χ2n) is 6.40. The number of unbranched alkanes of at least 4 members (excludes halogenated alkanes) is 7. The second kappa shape index (κ2) is 9.09. The average Bonchev–Trinajstić information content (AvgIpc) is 2.50. The van der Waals surface area contributed by atoms with Crippen LogP contribution in [0.3, 0.4) is 0 Å². The molecule has 1 aliphatic rings. The van der Waals surface area contributed by atoms with Gasteiger partial charge in [-0.25, -0.2) is 0 Å². The quantitative estimate of drug-likeness (QED) is 0.619. The molecule has 1 atom stereocenters. The van der Waals surface area contributed by atoms with Crippen LogP contribution in [0.2, 0.25) is 0 Å². The monoisotopic (exact) mass is 289 g/mol. The first kappa shape index (κ1) is 16.4. The van der Waals surface area contributed by atoms with Crippen molar-refractivity contribution in [2.45, 2.75) is 77.2 Å². The van der Waals surface area contributed by atoms with E-state index < -0.39 is 0 Å². The molecule has 1 aliphatic heterocycles. The van der Waals surface area contributed by atoms with Crippen LogP contribution in [0.15, 0.2) is 18.2 Å². The molecular formula is C19H31NO. The van der Waals surface area contributed by atoms with Crippen molar-refractivity contribution in [3.63, 3.8) is 0 Å². The van der Waals surface area contributed by atoms with E-state index in [1.807, 2.05) is 12.1 Å². The van der Waals surface area contributed by atoms with Crippen molar-refractivity contribution in [2.24, 2.45) is 0 Å². The van der Waals surface area contributed by atoms with E-state index >= 15 is 0 Å². The van der Waals surface area contributed by atoms with E-state index in [1.54, 1.807) is 0 Å². The van der Waals surface area contributed by atoms with E-state index in [0.29, 0.717) is 11.8 Å². The van der Waals surface area contributed by atoms with E-state index in [4.69, 9.17) is 0 Å². The smallest absolute Gasteiger partial charge is 0.115 e. The lowest BCUT2D eigenvalue weighted by molar-refractivity contribution is 0.438. The van der Waals surface area contributed by atoms with Crippen LogP contribution >= 0.6 is 0 Å². The van der Waals surface area contributed by atoms with Gasteiger partial charge in [0.2, 0.25) is 0 Å². The first-order valence-corrected chi connectivity index (χ1v) is 8.86. The summed E-state index contributed by atoms with van der Waals surface area (Å²) in [4.78, 5) is 0. The van der Waals surface area contributed by atoms with Gasteiger partial charge in [-0.3, -0.25) is 0 Å². The van der Waals surface area contributed by atoms with Crippen LogP contribution in [0, 0.1) is 0 Å². The summed E-state index contributed by atoms with van der Waals surface area (Å²) >= 11 is 0. The van der Waals surface area contributed by atoms with Crippen LogP contribution < -0.4 is 5.32 Å². The molecule has 1 aromatic carbocycles. The minimum Gasteiger partial charge on any atom is -0.508 e. The van der Waals surface area contributed by atoms with Gasteiger partial charge in [-0.15, -0.1) is 0 Å². The minimum atomic E-state index is 0.401. The van der Waals surface area contributed by atoms with Gasteiger partial charge in [-0.2, -0.15) is 0 Å². The Morgan fingerprint density at radius 1 is 1.05 bits per heavy atom. The standard InChI is InChI=1S/C19H31NO/c1-2-3-4-5-6-7-8-9-10-19-18-15-17(21)12-11-16(18)13-14-20-19/h11-12,15,19-21H,2-10,13-14H2,1H3. The van der Waals surface area contributed by atoms with Gasteiger partial charge in [-0.1, -0.05) is 64.4 Å². The summed E-state index contributed by atoms with van der Waals surface area (Å²) in [5, 5.41) is 13.3. The number of hydrogen-bond donors (Lipinski definition) is 2. The Morgan fingerprint density at radius 3 is 2.52 bits per heavy atom. The predicted octanol–water partition coefficient (Wildman–Crippen LogP) is 5.11. The van der Waals surface area contributed by atoms with E-state index in [9.17, 15) is 5.11 Å². The van der Waals surface area contributed by atoms with Crippen molar-refractivity contribution in [2.75, 3.05) is 6.54 Å². The molecule has 0 radical (unpaired) electrons. The molecule has 21 heavy (non-hydrogen) atoms. The molecule has 2 heteroatoms. The average molecular weight is 289 g/mol. The lowest BCUT2D eigenvalue weighted by Crippen LogP contribution is -2.29. The van der Waals surface area contributed by atoms with E-state index in [-0.39, 0.29) is 0 Å². The van der Waals surface area contributed by atoms with Crippen molar-refractivity contribution < 1.29 is 5.11 Å². The highest BCUT2D eigenvalue weighted by atomic mass is 16.3. The first-order chi connectivity index (χ1) is 10.3. The van der Waals surface area contributed by atoms with Gasteiger partial charge in [0.15, 0.2) is 0 Å². The molecule has 0 aromatic heterocycles. The second-order valence-corrected chi connectivity index (χ2v) is 6.40. The minimum absolute atomic E-state index is 0.401. The van der Waals surface area contributed by atoms with Gasteiger partial charge in [0.1, 0.15) is 5.75 Å². The van der Waals surface area contributed by atoms with Crippen LogP contribution in [-0.4, -0.2) is 11.7 Å². The van der Waals surface area contributed by atoms with E-state index in [2.05, 4.69) is 18.3 Å². The zero-order valence-electron chi connectivity index (χ0n) is 13.5. The molecule has 1 aromatic rings. The Labute approximate surface area is 130 Å². The highest BCUT2D eigenvalue weighted by Gasteiger charge is 2.19. The number of hydrogen-bond acceptors (Lipinski definition) is 2. The number of nitrogens with one attached hydrogen (secondary N) is 1. The van der Waals surface area contributed by atoms with Crippen LogP contribution in [-0.2, 0) is 6.42 Å². The number of benzene rings is 1. The van der Waals surface area contributed by atoms with E-state index in [1.165, 1.54) is 68.9 Å². The molecule has 0 aliphatic carbocycles. The molecule has 2 nitrogen and oxygen atoms in total. The predicted molar refractivity (Wildman–Crippen MR) is 89.8 cm³/mol. The third-order valence-electron chi connectivity index (χ3n) is 4.64. The number of phenolic OH excluding ortho intramolecular Hbond substituents is 1. The molecule has 1 unspecified atom stereocenters. The number of phenols is 1. The highest BCUT2D eigenvalue weighted by Crippen LogP contribution is 2.30.